The quantitative estimate of drug-likeness (QED) is 0.596. The molecule has 0 radical (unpaired) electrons. The Bertz CT molecular complexity index is 601. The molecule has 0 aromatic carbocycles. The van der Waals surface area contributed by atoms with Gasteiger partial charge in [-0.15, -0.1) is 0 Å². The summed E-state index contributed by atoms with van der Waals surface area (Å²) >= 11 is 1.62. The van der Waals surface area contributed by atoms with Crippen LogP contribution in [0.15, 0.2) is 29.0 Å². The summed E-state index contributed by atoms with van der Waals surface area (Å²) in [6, 6.07) is 4.98. The number of hydrogen-bond donors (Lipinski definition) is 2. The number of anilines is 2. The van der Waals surface area contributed by atoms with Crippen LogP contribution >= 0.6 is 11.3 Å². The SMILES string of the molecule is CCCNc1cc([N+](=O)[O-])cc(NC(C)c2ccsc2)n1. The van der Waals surface area contributed by atoms with Crippen LogP contribution in [-0.4, -0.2) is 16.5 Å². The maximum atomic E-state index is 11.0. The van der Waals surface area contributed by atoms with Crippen LogP contribution in [-0.2, 0) is 0 Å². The fraction of sp³-hybridized carbons (Fsp3) is 0.357. The average molecular weight is 306 g/mol. The molecule has 2 N–H and O–H groups in total. The lowest BCUT2D eigenvalue weighted by molar-refractivity contribution is -0.384. The Morgan fingerprint density at radius 2 is 2.19 bits per heavy atom. The van der Waals surface area contributed by atoms with Crippen molar-refractivity contribution in [1.29, 1.82) is 0 Å². The van der Waals surface area contributed by atoms with Gasteiger partial charge >= 0.3 is 0 Å². The van der Waals surface area contributed by atoms with Crippen LogP contribution < -0.4 is 10.6 Å². The van der Waals surface area contributed by atoms with Crippen LogP contribution in [0.5, 0.6) is 0 Å². The van der Waals surface area contributed by atoms with Crippen LogP contribution in [0.3, 0.4) is 0 Å². The highest BCUT2D eigenvalue weighted by atomic mass is 32.1. The number of aromatic nitrogens is 1. The maximum Gasteiger partial charge on any atom is 0.276 e. The van der Waals surface area contributed by atoms with E-state index < -0.39 is 4.92 Å². The molecule has 0 bridgehead atoms. The van der Waals surface area contributed by atoms with Gasteiger partial charge in [0.25, 0.3) is 5.69 Å². The predicted molar refractivity (Wildman–Crippen MR) is 86.0 cm³/mol. The number of hydrogen-bond acceptors (Lipinski definition) is 6. The Morgan fingerprint density at radius 1 is 1.43 bits per heavy atom. The molecule has 2 heterocycles. The average Bonchev–Trinajstić information content (AvgIpc) is 2.99. The lowest BCUT2D eigenvalue weighted by Gasteiger charge is -2.14. The standard InChI is InChI=1S/C14H18N4O2S/c1-3-5-15-13-7-12(18(19)20)8-14(17-13)16-10(2)11-4-6-21-9-11/h4,6-10H,3,5H2,1-2H3,(H2,15,16,17). The molecule has 0 spiro atoms. The number of rotatable bonds is 7. The summed E-state index contributed by atoms with van der Waals surface area (Å²) in [5.74, 6) is 1.02. The molecular weight excluding hydrogens is 288 g/mol. The van der Waals surface area contributed by atoms with Gasteiger partial charge in [-0.2, -0.15) is 11.3 Å². The molecule has 0 aliphatic heterocycles. The molecule has 1 unspecified atom stereocenters. The van der Waals surface area contributed by atoms with Crippen molar-refractivity contribution in [2.75, 3.05) is 17.2 Å². The van der Waals surface area contributed by atoms with Crippen molar-refractivity contribution in [1.82, 2.24) is 4.98 Å². The molecule has 2 aromatic rings. The summed E-state index contributed by atoms with van der Waals surface area (Å²) in [4.78, 5) is 15.0. The van der Waals surface area contributed by atoms with Crippen LogP contribution in [0.25, 0.3) is 0 Å². The monoisotopic (exact) mass is 306 g/mol. The van der Waals surface area contributed by atoms with E-state index in [0.717, 1.165) is 18.5 Å². The van der Waals surface area contributed by atoms with Gasteiger partial charge in [-0.3, -0.25) is 10.1 Å². The third kappa shape index (κ3) is 4.16. The van der Waals surface area contributed by atoms with Gasteiger partial charge < -0.3 is 10.6 Å². The smallest absolute Gasteiger partial charge is 0.276 e. The van der Waals surface area contributed by atoms with Crippen molar-refractivity contribution < 1.29 is 4.92 Å². The summed E-state index contributed by atoms with van der Waals surface area (Å²) in [6.45, 7) is 4.76. The molecular formula is C14H18N4O2S. The van der Waals surface area contributed by atoms with Crippen molar-refractivity contribution in [2.24, 2.45) is 0 Å². The lowest BCUT2D eigenvalue weighted by atomic mass is 10.2. The van der Waals surface area contributed by atoms with Crippen LogP contribution in [0.4, 0.5) is 17.3 Å². The van der Waals surface area contributed by atoms with E-state index in [9.17, 15) is 10.1 Å². The first-order valence-corrected chi connectivity index (χ1v) is 7.73. The Labute approximate surface area is 127 Å². The Hall–Kier alpha value is -2.15. The van der Waals surface area contributed by atoms with E-state index in [2.05, 4.69) is 15.6 Å². The second kappa shape index (κ2) is 7.03. The summed E-state index contributed by atoms with van der Waals surface area (Å²) in [5.41, 5.74) is 1.17. The normalized spacial score (nSPS) is 11.9. The van der Waals surface area contributed by atoms with Crippen LogP contribution in [0, 0.1) is 10.1 Å². The Morgan fingerprint density at radius 3 is 2.81 bits per heavy atom. The molecule has 0 saturated carbocycles. The molecule has 112 valence electrons. The molecule has 0 aliphatic carbocycles. The first-order valence-electron chi connectivity index (χ1n) is 6.79. The van der Waals surface area contributed by atoms with Crippen LogP contribution in [0.1, 0.15) is 31.9 Å². The third-order valence-corrected chi connectivity index (χ3v) is 3.69. The molecule has 1 atom stereocenters. The van der Waals surface area contributed by atoms with Gasteiger partial charge in [0.05, 0.1) is 23.1 Å². The second-order valence-electron chi connectivity index (χ2n) is 4.70. The Balaban J connectivity index is 2.20. The van der Waals surface area contributed by atoms with Crippen LogP contribution in [0.2, 0.25) is 0 Å². The van der Waals surface area contributed by atoms with Crippen molar-refractivity contribution in [3.8, 4) is 0 Å². The number of thiophene rings is 1. The van der Waals surface area contributed by atoms with E-state index in [1.54, 1.807) is 11.3 Å². The van der Waals surface area contributed by atoms with E-state index in [0.29, 0.717) is 11.6 Å². The largest absolute Gasteiger partial charge is 0.370 e. The number of nitro groups is 1. The minimum atomic E-state index is -0.404. The highest BCUT2D eigenvalue weighted by Crippen LogP contribution is 2.25. The van der Waals surface area contributed by atoms with Crippen molar-refractivity contribution in [2.45, 2.75) is 26.3 Å². The summed E-state index contributed by atoms with van der Waals surface area (Å²) < 4.78 is 0. The zero-order chi connectivity index (χ0) is 15.2. The molecule has 6 nitrogen and oxygen atoms in total. The lowest BCUT2D eigenvalue weighted by Crippen LogP contribution is -2.09. The van der Waals surface area contributed by atoms with E-state index in [1.165, 1.54) is 12.1 Å². The molecule has 0 fully saturated rings. The van der Waals surface area contributed by atoms with Gasteiger partial charge in [0.1, 0.15) is 11.6 Å². The van der Waals surface area contributed by atoms with E-state index in [4.69, 9.17) is 0 Å². The fourth-order valence-corrected chi connectivity index (χ4v) is 2.62. The molecule has 2 rings (SSSR count). The number of pyridine rings is 1. The fourth-order valence-electron chi connectivity index (χ4n) is 1.87. The summed E-state index contributed by atoms with van der Waals surface area (Å²) in [7, 11) is 0. The highest BCUT2D eigenvalue weighted by Gasteiger charge is 2.13. The van der Waals surface area contributed by atoms with Gasteiger partial charge in [-0.05, 0) is 35.7 Å². The highest BCUT2D eigenvalue weighted by molar-refractivity contribution is 7.07. The molecule has 7 heteroatoms. The third-order valence-electron chi connectivity index (χ3n) is 2.98. The zero-order valence-corrected chi connectivity index (χ0v) is 12.8. The zero-order valence-electron chi connectivity index (χ0n) is 12.0. The first kappa shape index (κ1) is 15.2. The first-order chi connectivity index (χ1) is 10.1. The number of nitrogens with one attached hydrogen (secondary N) is 2. The Kier molecular flexibility index (Phi) is 5.10. The topological polar surface area (TPSA) is 80.1 Å². The van der Waals surface area contributed by atoms with Gasteiger partial charge in [0, 0.05) is 6.54 Å². The minimum absolute atomic E-state index is 0.0311. The number of nitrogens with zero attached hydrogens (tertiary/aromatic N) is 2. The second-order valence-corrected chi connectivity index (χ2v) is 5.48. The molecule has 2 aromatic heterocycles. The van der Waals surface area contributed by atoms with Crippen molar-refractivity contribution >= 4 is 28.7 Å². The van der Waals surface area contributed by atoms with Crippen molar-refractivity contribution in [3.63, 3.8) is 0 Å². The van der Waals surface area contributed by atoms with Gasteiger partial charge in [0.2, 0.25) is 0 Å². The van der Waals surface area contributed by atoms with E-state index in [-0.39, 0.29) is 11.7 Å². The van der Waals surface area contributed by atoms with Gasteiger partial charge in [-0.25, -0.2) is 4.98 Å². The molecule has 0 aliphatic rings. The van der Waals surface area contributed by atoms with Gasteiger partial charge in [0.15, 0.2) is 0 Å². The minimum Gasteiger partial charge on any atom is -0.370 e. The van der Waals surface area contributed by atoms with E-state index >= 15 is 0 Å². The summed E-state index contributed by atoms with van der Waals surface area (Å²) in [5, 5.41) is 21.4. The molecule has 21 heavy (non-hydrogen) atoms. The van der Waals surface area contributed by atoms with Gasteiger partial charge in [-0.1, -0.05) is 6.92 Å². The summed E-state index contributed by atoms with van der Waals surface area (Å²) in [6.07, 6.45) is 0.929. The van der Waals surface area contributed by atoms with Crippen molar-refractivity contribution in [3.05, 3.63) is 44.6 Å². The molecule has 0 saturated heterocycles. The maximum absolute atomic E-state index is 11.0. The predicted octanol–water partition coefficient (Wildman–Crippen LogP) is 4.05. The molecule has 0 amide bonds. The van der Waals surface area contributed by atoms with E-state index in [1.807, 2.05) is 30.7 Å².